The van der Waals surface area contributed by atoms with Gasteiger partial charge in [-0.15, -0.1) is 0 Å². The minimum absolute atomic E-state index is 0.0194. The first-order valence-electron chi connectivity index (χ1n) is 5.30. The monoisotopic (exact) mass is 254 g/mol. The highest BCUT2D eigenvalue weighted by Gasteiger charge is 2.11. The topological polar surface area (TPSA) is 56.5 Å². The van der Waals surface area contributed by atoms with Crippen LogP contribution in [0.1, 0.15) is 17.2 Å². The Labute approximate surface area is 107 Å². The highest BCUT2D eigenvalue weighted by molar-refractivity contribution is 7.80. The highest BCUT2D eigenvalue weighted by Crippen LogP contribution is 2.14. The Kier molecular flexibility index (Phi) is 5.90. The second kappa shape index (κ2) is 7.21. The summed E-state index contributed by atoms with van der Waals surface area (Å²) in [6.07, 6.45) is 0. The molecule has 0 aromatic heterocycles. The lowest BCUT2D eigenvalue weighted by atomic mass is 10.1. The molecule has 0 saturated heterocycles. The summed E-state index contributed by atoms with van der Waals surface area (Å²) in [5, 5.41) is 3.27. The molecule has 4 nitrogen and oxygen atoms in total. The Balaban J connectivity index is 2.75. The molecule has 0 heterocycles. The van der Waals surface area contributed by atoms with Crippen LogP contribution < -0.4 is 11.1 Å². The lowest BCUT2D eigenvalue weighted by Crippen LogP contribution is -2.35. The molecule has 0 bridgehead atoms. The highest BCUT2D eigenvalue weighted by atomic mass is 32.1. The molecule has 0 aliphatic heterocycles. The third kappa shape index (κ3) is 4.68. The standard InChI is InChI=1S/C12H18N2O2S/c1-15-7-9-3-5-10(6-4-9)11(8-16-2)14-12(13)17/h3-6,11H,7-8H2,1-2H3,(H3,13,14,17)/t11-/m0/s1. The summed E-state index contributed by atoms with van der Waals surface area (Å²) in [4.78, 5) is 0. The maximum absolute atomic E-state index is 5.48. The van der Waals surface area contributed by atoms with Crippen molar-refractivity contribution in [2.45, 2.75) is 12.6 Å². The molecule has 1 aromatic carbocycles. The van der Waals surface area contributed by atoms with Crippen molar-refractivity contribution in [2.24, 2.45) is 5.73 Å². The molecule has 0 aliphatic carbocycles. The first kappa shape index (κ1) is 13.9. The quantitative estimate of drug-likeness (QED) is 0.751. The molecule has 0 radical (unpaired) electrons. The first-order valence-corrected chi connectivity index (χ1v) is 5.71. The Hall–Kier alpha value is -1.17. The van der Waals surface area contributed by atoms with Crippen LogP contribution in [0.5, 0.6) is 0 Å². The zero-order valence-corrected chi connectivity index (χ0v) is 10.9. The second-order valence-corrected chi connectivity index (χ2v) is 4.13. The van der Waals surface area contributed by atoms with Gasteiger partial charge in [0.2, 0.25) is 0 Å². The van der Waals surface area contributed by atoms with Crippen LogP contribution >= 0.6 is 12.2 Å². The molecule has 3 N–H and O–H groups in total. The van der Waals surface area contributed by atoms with Crippen LogP contribution in [0.4, 0.5) is 0 Å². The van der Waals surface area contributed by atoms with Gasteiger partial charge in [-0.3, -0.25) is 0 Å². The summed E-state index contributed by atoms with van der Waals surface area (Å²) < 4.78 is 10.2. The van der Waals surface area contributed by atoms with Crippen molar-refractivity contribution in [3.63, 3.8) is 0 Å². The van der Waals surface area contributed by atoms with Crippen LogP contribution in [0.3, 0.4) is 0 Å². The Bertz CT molecular complexity index is 354. The zero-order chi connectivity index (χ0) is 12.7. The number of rotatable bonds is 6. The molecule has 0 amide bonds. The van der Waals surface area contributed by atoms with Gasteiger partial charge in [0.15, 0.2) is 5.11 Å². The third-order valence-corrected chi connectivity index (χ3v) is 2.46. The van der Waals surface area contributed by atoms with Crippen molar-refractivity contribution in [1.29, 1.82) is 0 Å². The Morgan fingerprint density at radius 2 is 1.94 bits per heavy atom. The molecule has 0 fully saturated rings. The van der Waals surface area contributed by atoms with Gasteiger partial charge in [-0.05, 0) is 23.3 Å². The summed E-state index contributed by atoms with van der Waals surface area (Å²) >= 11 is 4.84. The largest absolute Gasteiger partial charge is 0.382 e. The second-order valence-electron chi connectivity index (χ2n) is 3.69. The predicted octanol–water partition coefficient (Wildman–Crippen LogP) is 1.35. The van der Waals surface area contributed by atoms with E-state index in [0.717, 1.165) is 11.1 Å². The summed E-state index contributed by atoms with van der Waals surface area (Å²) in [6.45, 7) is 1.12. The molecule has 5 heteroatoms. The van der Waals surface area contributed by atoms with Crippen LogP contribution in [0.25, 0.3) is 0 Å². The summed E-state index contributed by atoms with van der Waals surface area (Å²) in [7, 11) is 3.32. The van der Waals surface area contributed by atoms with E-state index in [1.807, 2.05) is 24.3 Å². The molecule has 1 rings (SSSR count). The molecule has 0 unspecified atom stereocenters. The number of ether oxygens (including phenoxy) is 2. The van der Waals surface area contributed by atoms with Crippen molar-refractivity contribution >= 4 is 17.3 Å². The summed E-state index contributed by atoms with van der Waals surface area (Å²) in [6, 6.07) is 8.05. The van der Waals surface area contributed by atoms with Crippen LogP contribution in [-0.4, -0.2) is 25.9 Å². The van der Waals surface area contributed by atoms with Crippen LogP contribution in [-0.2, 0) is 16.1 Å². The fraction of sp³-hybridized carbons (Fsp3) is 0.417. The number of methoxy groups -OCH3 is 2. The van der Waals surface area contributed by atoms with Gasteiger partial charge in [0.25, 0.3) is 0 Å². The average molecular weight is 254 g/mol. The predicted molar refractivity (Wildman–Crippen MR) is 71.7 cm³/mol. The van der Waals surface area contributed by atoms with Gasteiger partial charge in [-0.2, -0.15) is 0 Å². The van der Waals surface area contributed by atoms with Crippen LogP contribution in [0.2, 0.25) is 0 Å². The van der Waals surface area contributed by atoms with Gasteiger partial charge in [-0.1, -0.05) is 24.3 Å². The molecular weight excluding hydrogens is 236 g/mol. The minimum Gasteiger partial charge on any atom is -0.382 e. The Morgan fingerprint density at radius 1 is 1.29 bits per heavy atom. The van der Waals surface area contributed by atoms with Gasteiger partial charge in [0, 0.05) is 14.2 Å². The van der Waals surface area contributed by atoms with Gasteiger partial charge < -0.3 is 20.5 Å². The molecule has 0 saturated carbocycles. The van der Waals surface area contributed by atoms with E-state index in [-0.39, 0.29) is 11.2 Å². The van der Waals surface area contributed by atoms with E-state index in [2.05, 4.69) is 5.32 Å². The molecule has 0 spiro atoms. The molecular formula is C12H18N2O2S. The van der Waals surface area contributed by atoms with Gasteiger partial charge in [0.05, 0.1) is 19.3 Å². The number of thiocarbonyl (C=S) groups is 1. The van der Waals surface area contributed by atoms with E-state index in [1.54, 1.807) is 14.2 Å². The lowest BCUT2D eigenvalue weighted by Gasteiger charge is -2.18. The average Bonchev–Trinajstić information content (AvgIpc) is 2.29. The van der Waals surface area contributed by atoms with Crippen molar-refractivity contribution in [3.8, 4) is 0 Å². The van der Waals surface area contributed by atoms with E-state index >= 15 is 0 Å². The van der Waals surface area contributed by atoms with Crippen LogP contribution in [0, 0.1) is 0 Å². The smallest absolute Gasteiger partial charge is 0.164 e. The number of nitrogens with one attached hydrogen (secondary N) is 1. The van der Waals surface area contributed by atoms with E-state index < -0.39 is 0 Å². The van der Waals surface area contributed by atoms with Crippen molar-refractivity contribution < 1.29 is 9.47 Å². The SMILES string of the molecule is COCc1ccc([C@H](COC)NC(N)=S)cc1. The Morgan fingerprint density at radius 3 is 2.41 bits per heavy atom. The van der Waals surface area contributed by atoms with E-state index in [4.69, 9.17) is 27.4 Å². The molecule has 0 aliphatic rings. The van der Waals surface area contributed by atoms with Crippen molar-refractivity contribution in [3.05, 3.63) is 35.4 Å². The maximum atomic E-state index is 5.48. The molecule has 1 atom stereocenters. The van der Waals surface area contributed by atoms with E-state index in [1.165, 1.54) is 0 Å². The number of nitrogens with two attached hydrogens (primary N) is 1. The van der Waals surface area contributed by atoms with Gasteiger partial charge in [0.1, 0.15) is 0 Å². The first-order chi connectivity index (χ1) is 8.17. The van der Waals surface area contributed by atoms with Crippen molar-refractivity contribution in [1.82, 2.24) is 5.32 Å². The van der Waals surface area contributed by atoms with Crippen molar-refractivity contribution in [2.75, 3.05) is 20.8 Å². The molecule has 17 heavy (non-hydrogen) atoms. The minimum atomic E-state index is -0.0194. The maximum Gasteiger partial charge on any atom is 0.164 e. The van der Waals surface area contributed by atoms with Gasteiger partial charge >= 0.3 is 0 Å². The molecule has 1 aromatic rings. The lowest BCUT2D eigenvalue weighted by molar-refractivity contribution is 0.174. The fourth-order valence-electron chi connectivity index (χ4n) is 1.57. The third-order valence-electron chi connectivity index (χ3n) is 2.34. The normalized spacial score (nSPS) is 12.1. The number of hydrogen-bond donors (Lipinski definition) is 2. The zero-order valence-electron chi connectivity index (χ0n) is 10.1. The summed E-state index contributed by atoms with van der Waals surface area (Å²) in [5.74, 6) is 0. The number of hydrogen-bond acceptors (Lipinski definition) is 3. The fourth-order valence-corrected chi connectivity index (χ4v) is 1.71. The van der Waals surface area contributed by atoms with E-state index in [0.29, 0.717) is 13.2 Å². The number of benzene rings is 1. The van der Waals surface area contributed by atoms with Gasteiger partial charge in [-0.25, -0.2) is 0 Å². The van der Waals surface area contributed by atoms with Crippen LogP contribution in [0.15, 0.2) is 24.3 Å². The molecule has 94 valence electrons. The van der Waals surface area contributed by atoms with E-state index in [9.17, 15) is 0 Å². The summed E-state index contributed by atoms with van der Waals surface area (Å²) in [5.41, 5.74) is 7.69.